The monoisotopic (exact) mass is 313 g/mol. The van der Waals surface area contributed by atoms with Crippen molar-refractivity contribution >= 4 is 17.9 Å². The highest BCUT2D eigenvalue weighted by Crippen LogP contribution is 2.32. The molecule has 2 aliphatic heterocycles. The van der Waals surface area contributed by atoms with Crippen molar-refractivity contribution in [2.24, 2.45) is 0 Å². The number of aliphatic hydroxyl groups is 1. The van der Waals surface area contributed by atoms with Crippen LogP contribution in [0.3, 0.4) is 0 Å². The molecular weight excluding hydrogens is 294 g/mol. The molecule has 22 heavy (non-hydrogen) atoms. The molecule has 0 aromatic carbocycles. The minimum absolute atomic E-state index is 0.172. The molecule has 0 aliphatic carbocycles. The predicted octanol–water partition coefficient (Wildman–Crippen LogP) is -0.646. The Morgan fingerprint density at radius 2 is 1.59 bits per heavy atom. The summed E-state index contributed by atoms with van der Waals surface area (Å²) in [5.41, 5.74) is 0. The lowest BCUT2D eigenvalue weighted by atomic mass is 10.0. The second-order valence-electron chi connectivity index (χ2n) is 5.28. The highest BCUT2D eigenvalue weighted by atomic mass is 16.6. The topological polar surface area (TPSA) is 102 Å². The van der Waals surface area contributed by atoms with E-state index in [2.05, 4.69) is 0 Å². The summed E-state index contributed by atoms with van der Waals surface area (Å²) in [7, 11) is 0. The van der Waals surface area contributed by atoms with Gasteiger partial charge in [-0.05, 0) is 12.2 Å². The Bertz CT molecular complexity index is 503. The van der Waals surface area contributed by atoms with Crippen LogP contribution in [0.15, 0.2) is 12.2 Å². The molecule has 0 bridgehead atoms. The minimum atomic E-state index is -0.935. The number of nitrogens with zero attached hydrogens (tertiary/aromatic N) is 1. The molecule has 1 N–H and O–H groups in total. The van der Waals surface area contributed by atoms with Crippen LogP contribution in [0.25, 0.3) is 0 Å². The summed E-state index contributed by atoms with van der Waals surface area (Å²) in [4.78, 5) is 35.4. The van der Waals surface area contributed by atoms with Crippen molar-refractivity contribution < 1.29 is 33.7 Å². The van der Waals surface area contributed by atoms with Gasteiger partial charge in [-0.15, -0.1) is 0 Å². The Kier molecular flexibility index (Phi) is 4.82. The number of carbonyl (C=O) groups excluding carboxylic acids is 3. The number of rotatable bonds is 3. The van der Waals surface area contributed by atoms with E-state index in [0.717, 1.165) is 0 Å². The molecule has 0 spiro atoms. The summed E-state index contributed by atoms with van der Waals surface area (Å²) < 4.78 is 15.6. The van der Waals surface area contributed by atoms with E-state index in [-0.39, 0.29) is 6.54 Å². The van der Waals surface area contributed by atoms with Crippen molar-refractivity contribution in [1.82, 2.24) is 4.90 Å². The molecule has 5 atom stereocenters. The maximum absolute atomic E-state index is 11.3. The normalized spacial score (nSPS) is 33.9. The van der Waals surface area contributed by atoms with Crippen LogP contribution < -0.4 is 0 Å². The van der Waals surface area contributed by atoms with E-state index >= 15 is 0 Å². The minimum Gasteiger partial charge on any atom is -0.457 e. The first kappa shape index (κ1) is 16.4. The number of esters is 3. The Morgan fingerprint density at radius 3 is 2.14 bits per heavy atom. The molecule has 0 radical (unpaired) electrons. The molecule has 8 nitrogen and oxygen atoms in total. The maximum atomic E-state index is 11.3. The smallest absolute Gasteiger partial charge is 0.303 e. The molecule has 0 saturated carbocycles. The van der Waals surface area contributed by atoms with E-state index in [0.29, 0.717) is 0 Å². The van der Waals surface area contributed by atoms with Crippen LogP contribution in [-0.2, 0) is 28.6 Å². The van der Waals surface area contributed by atoms with Gasteiger partial charge >= 0.3 is 17.9 Å². The van der Waals surface area contributed by atoms with Crippen molar-refractivity contribution in [1.29, 1.82) is 0 Å². The molecule has 1 unspecified atom stereocenters. The first-order valence-corrected chi connectivity index (χ1v) is 6.93. The van der Waals surface area contributed by atoms with Crippen LogP contribution in [0.2, 0.25) is 0 Å². The lowest BCUT2D eigenvalue weighted by Crippen LogP contribution is -2.53. The largest absolute Gasteiger partial charge is 0.457 e. The van der Waals surface area contributed by atoms with E-state index in [1.165, 1.54) is 26.8 Å². The van der Waals surface area contributed by atoms with Crippen molar-refractivity contribution in [3.63, 3.8) is 0 Å². The van der Waals surface area contributed by atoms with Gasteiger partial charge in [-0.3, -0.25) is 19.3 Å². The van der Waals surface area contributed by atoms with Gasteiger partial charge in [0.2, 0.25) is 0 Å². The van der Waals surface area contributed by atoms with Crippen LogP contribution >= 0.6 is 0 Å². The van der Waals surface area contributed by atoms with E-state index in [9.17, 15) is 19.5 Å². The van der Waals surface area contributed by atoms with Crippen LogP contribution in [0, 0.1) is 0 Å². The molecule has 8 heteroatoms. The molecule has 2 aliphatic rings. The number of aliphatic hydroxyl groups excluding tert-OH is 1. The van der Waals surface area contributed by atoms with Gasteiger partial charge in [0, 0.05) is 27.3 Å². The summed E-state index contributed by atoms with van der Waals surface area (Å²) in [6.45, 7) is 3.93. The van der Waals surface area contributed by atoms with E-state index in [4.69, 9.17) is 14.2 Å². The fourth-order valence-electron chi connectivity index (χ4n) is 2.89. The van der Waals surface area contributed by atoms with E-state index in [1.807, 2.05) is 0 Å². The van der Waals surface area contributed by atoms with Gasteiger partial charge in [-0.25, -0.2) is 0 Å². The first-order valence-electron chi connectivity index (χ1n) is 6.93. The van der Waals surface area contributed by atoms with Crippen molar-refractivity contribution in [3.05, 3.63) is 12.2 Å². The first-order chi connectivity index (χ1) is 10.3. The van der Waals surface area contributed by atoms with E-state index in [1.54, 1.807) is 11.0 Å². The molecular formula is C14H19NO7. The second-order valence-corrected chi connectivity index (χ2v) is 5.28. The second kappa shape index (κ2) is 6.45. The van der Waals surface area contributed by atoms with Gasteiger partial charge < -0.3 is 19.3 Å². The third-order valence-electron chi connectivity index (χ3n) is 3.55. The summed E-state index contributed by atoms with van der Waals surface area (Å²) in [6.07, 6.45) is -0.184. The lowest BCUT2D eigenvalue weighted by molar-refractivity contribution is -0.167. The van der Waals surface area contributed by atoms with Gasteiger partial charge in [0.1, 0.15) is 12.3 Å². The van der Waals surface area contributed by atoms with E-state index < -0.39 is 48.5 Å². The van der Waals surface area contributed by atoms with Crippen molar-refractivity contribution in [2.75, 3.05) is 6.54 Å². The number of ether oxygens (including phenoxy) is 3. The maximum Gasteiger partial charge on any atom is 0.303 e. The van der Waals surface area contributed by atoms with Crippen molar-refractivity contribution in [2.45, 2.75) is 51.4 Å². The Hall–Kier alpha value is -1.93. The highest BCUT2D eigenvalue weighted by molar-refractivity contribution is 5.68. The molecule has 2 rings (SSSR count). The summed E-state index contributed by atoms with van der Waals surface area (Å²) in [5.74, 6) is -1.56. The van der Waals surface area contributed by atoms with Gasteiger partial charge in [0.05, 0.1) is 6.04 Å². The van der Waals surface area contributed by atoms with Crippen LogP contribution in [0.1, 0.15) is 20.8 Å². The molecule has 0 aromatic rings. The molecule has 0 amide bonds. The molecule has 0 aromatic heterocycles. The number of hydrogen-bond donors (Lipinski definition) is 1. The Morgan fingerprint density at radius 1 is 1.00 bits per heavy atom. The molecule has 1 fully saturated rings. The third kappa shape index (κ3) is 3.45. The number of hydrogen-bond acceptors (Lipinski definition) is 8. The molecule has 1 saturated heterocycles. The predicted molar refractivity (Wildman–Crippen MR) is 72.3 cm³/mol. The summed E-state index contributed by atoms with van der Waals surface area (Å²) in [6, 6.07) is -0.614. The van der Waals surface area contributed by atoms with Crippen LogP contribution in [0.4, 0.5) is 0 Å². The molecule has 2 heterocycles. The summed E-state index contributed by atoms with van der Waals surface area (Å²) in [5, 5.41) is 10.1. The van der Waals surface area contributed by atoms with Crippen LogP contribution in [-0.4, -0.2) is 65.0 Å². The van der Waals surface area contributed by atoms with Gasteiger partial charge in [0.25, 0.3) is 0 Å². The zero-order chi connectivity index (χ0) is 16.4. The van der Waals surface area contributed by atoms with Crippen molar-refractivity contribution in [3.8, 4) is 0 Å². The molecule has 122 valence electrons. The number of carbonyl (C=O) groups is 3. The SMILES string of the molecule is CC(=O)O[C@H]1[C@H]2[C@H](OC(C)=O)C=CC(O)N2C[C@@H]1OC(C)=O. The Balaban J connectivity index is 2.29. The fraction of sp³-hybridized carbons (Fsp3) is 0.643. The third-order valence-corrected chi connectivity index (χ3v) is 3.55. The quantitative estimate of drug-likeness (QED) is 0.417. The zero-order valence-corrected chi connectivity index (χ0v) is 12.6. The van der Waals surface area contributed by atoms with Crippen LogP contribution in [0.5, 0.6) is 0 Å². The summed E-state index contributed by atoms with van der Waals surface area (Å²) >= 11 is 0. The zero-order valence-electron chi connectivity index (χ0n) is 12.6. The van der Waals surface area contributed by atoms with Gasteiger partial charge in [-0.2, -0.15) is 0 Å². The average molecular weight is 313 g/mol. The van der Waals surface area contributed by atoms with Gasteiger partial charge in [0.15, 0.2) is 12.2 Å². The number of fused-ring (bicyclic) bond motifs is 1. The lowest BCUT2D eigenvalue weighted by Gasteiger charge is -2.36. The van der Waals surface area contributed by atoms with Gasteiger partial charge in [-0.1, -0.05) is 0 Å². The standard InChI is InChI=1S/C14H19NO7/c1-7(16)20-10-4-5-12(19)15-6-11(21-8(2)17)14(13(10)15)22-9(3)18/h4-5,10-14,19H,6H2,1-3H3/t10-,11+,12?,13-,14-/m1/s1. The fourth-order valence-corrected chi connectivity index (χ4v) is 2.89. The highest BCUT2D eigenvalue weighted by Gasteiger charge is 2.53. The average Bonchev–Trinajstić information content (AvgIpc) is 2.71. The Labute approximate surface area is 127 Å².